The fourth-order valence-electron chi connectivity index (χ4n) is 2.02. The molecule has 0 aromatic rings. The van der Waals surface area contributed by atoms with Crippen LogP contribution in [0.3, 0.4) is 0 Å². The van der Waals surface area contributed by atoms with Crippen molar-refractivity contribution in [2.75, 3.05) is 27.4 Å². The van der Waals surface area contributed by atoms with Crippen LogP contribution < -0.4 is 0 Å². The van der Waals surface area contributed by atoms with E-state index in [4.69, 9.17) is 4.74 Å². The minimum Gasteiger partial charge on any atom is -0.469 e. The Morgan fingerprint density at radius 3 is 2.69 bits per heavy atom. The normalized spacial score (nSPS) is 20.6. The lowest BCUT2D eigenvalue weighted by Crippen LogP contribution is -2.46. The Morgan fingerprint density at radius 1 is 1.31 bits per heavy atom. The first-order valence-corrected chi connectivity index (χ1v) is 5.54. The minimum absolute atomic E-state index is 0.0242. The molecule has 1 aliphatic heterocycles. The van der Waals surface area contributed by atoms with Gasteiger partial charge in [0.2, 0.25) is 5.91 Å². The summed E-state index contributed by atoms with van der Waals surface area (Å²) < 4.78 is 9.46. The van der Waals surface area contributed by atoms with Crippen LogP contribution in [0.25, 0.3) is 0 Å². The topological polar surface area (TPSA) is 55.8 Å². The van der Waals surface area contributed by atoms with E-state index in [0.717, 1.165) is 19.3 Å². The van der Waals surface area contributed by atoms with Crippen LogP contribution in [0.2, 0.25) is 0 Å². The summed E-state index contributed by atoms with van der Waals surface area (Å²) in [4.78, 5) is 24.7. The van der Waals surface area contributed by atoms with Crippen LogP contribution in [-0.4, -0.2) is 50.2 Å². The maximum atomic E-state index is 11.7. The van der Waals surface area contributed by atoms with E-state index in [0.29, 0.717) is 6.54 Å². The van der Waals surface area contributed by atoms with Gasteiger partial charge in [-0.05, 0) is 19.3 Å². The highest BCUT2D eigenvalue weighted by atomic mass is 16.5. The molecule has 16 heavy (non-hydrogen) atoms. The molecule has 0 aromatic heterocycles. The molecule has 0 aromatic carbocycles. The second-order valence-electron chi connectivity index (χ2n) is 3.95. The summed E-state index contributed by atoms with van der Waals surface area (Å²) in [5.41, 5.74) is 0. The molecule has 1 heterocycles. The van der Waals surface area contributed by atoms with Crippen molar-refractivity contribution in [1.82, 2.24) is 4.90 Å². The number of hydrogen-bond donors (Lipinski definition) is 0. The number of methoxy groups -OCH3 is 2. The van der Waals surface area contributed by atoms with Gasteiger partial charge in [0.15, 0.2) is 0 Å². The third kappa shape index (κ3) is 3.48. The zero-order chi connectivity index (χ0) is 12.0. The van der Waals surface area contributed by atoms with Crippen molar-refractivity contribution in [3.8, 4) is 0 Å². The van der Waals surface area contributed by atoms with E-state index in [9.17, 15) is 9.59 Å². The van der Waals surface area contributed by atoms with E-state index in [2.05, 4.69) is 4.74 Å². The zero-order valence-electron chi connectivity index (χ0n) is 9.90. The quantitative estimate of drug-likeness (QED) is 0.662. The van der Waals surface area contributed by atoms with Crippen molar-refractivity contribution in [3.05, 3.63) is 0 Å². The zero-order valence-corrected chi connectivity index (χ0v) is 9.90. The molecule has 92 valence electrons. The van der Waals surface area contributed by atoms with Crippen LogP contribution >= 0.6 is 0 Å². The number of amides is 1. The molecule has 0 aliphatic carbocycles. The van der Waals surface area contributed by atoms with Gasteiger partial charge in [-0.1, -0.05) is 0 Å². The Morgan fingerprint density at radius 2 is 2.06 bits per heavy atom. The van der Waals surface area contributed by atoms with Gasteiger partial charge in [-0.3, -0.25) is 9.59 Å². The van der Waals surface area contributed by atoms with E-state index in [1.807, 2.05) is 0 Å². The molecule has 1 saturated heterocycles. The lowest BCUT2D eigenvalue weighted by atomic mass is 9.99. The average molecular weight is 229 g/mol. The monoisotopic (exact) mass is 229 g/mol. The lowest BCUT2D eigenvalue weighted by Gasteiger charge is -2.35. The molecule has 1 rings (SSSR count). The molecule has 0 radical (unpaired) electrons. The van der Waals surface area contributed by atoms with E-state index in [1.54, 1.807) is 4.90 Å². The van der Waals surface area contributed by atoms with Gasteiger partial charge >= 0.3 is 5.97 Å². The molecule has 1 aliphatic rings. The highest BCUT2D eigenvalue weighted by molar-refractivity contribution is 5.79. The van der Waals surface area contributed by atoms with E-state index in [-0.39, 0.29) is 30.9 Å². The standard InChI is InChI=1S/C11H19NO4/c1-15-8-10(13)12-6-4-3-5-9(12)7-11(14)16-2/h9H,3-8H2,1-2H3. The summed E-state index contributed by atoms with van der Waals surface area (Å²) in [5, 5.41) is 0. The summed E-state index contributed by atoms with van der Waals surface area (Å²) in [6.07, 6.45) is 3.20. The first-order valence-electron chi connectivity index (χ1n) is 5.54. The third-order valence-corrected chi connectivity index (χ3v) is 2.85. The largest absolute Gasteiger partial charge is 0.469 e. The highest BCUT2D eigenvalue weighted by Crippen LogP contribution is 2.20. The molecule has 0 spiro atoms. The van der Waals surface area contributed by atoms with Crippen LogP contribution in [0.15, 0.2) is 0 Å². The minimum atomic E-state index is -0.262. The molecule has 0 bridgehead atoms. The van der Waals surface area contributed by atoms with Gasteiger partial charge in [-0.2, -0.15) is 0 Å². The number of rotatable bonds is 4. The molecule has 5 heteroatoms. The van der Waals surface area contributed by atoms with Gasteiger partial charge in [-0.15, -0.1) is 0 Å². The van der Waals surface area contributed by atoms with E-state index >= 15 is 0 Å². The Kier molecular flexibility index (Phi) is 5.25. The van der Waals surface area contributed by atoms with Crippen LogP contribution in [0, 0.1) is 0 Å². The second kappa shape index (κ2) is 6.48. The van der Waals surface area contributed by atoms with Crippen molar-refractivity contribution >= 4 is 11.9 Å². The number of hydrogen-bond acceptors (Lipinski definition) is 4. The smallest absolute Gasteiger partial charge is 0.307 e. The molecule has 1 atom stereocenters. The number of nitrogens with zero attached hydrogens (tertiary/aromatic N) is 1. The van der Waals surface area contributed by atoms with Crippen molar-refractivity contribution in [2.24, 2.45) is 0 Å². The molecule has 0 N–H and O–H groups in total. The fourth-order valence-corrected chi connectivity index (χ4v) is 2.02. The summed E-state index contributed by atoms with van der Waals surface area (Å²) in [5.74, 6) is -0.307. The molecular formula is C11H19NO4. The van der Waals surface area contributed by atoms with E-state index < -0.39 is 0 Å². The first-order chi connectivity index (χ1) is 7.69. The second-order valence-corrected chi connectivity index (χ2v) is 3.95. The summed E-state index contributed by atoms with van der Waals surface area (Å²) in [6, 6.07) is -0.0242. The number of carbonyl (C=O) groups excluding carboxylic acids is 2. The third-order valence-electron chi connectivity index (χ3n) is 2.85. The molecule has 5 nitrogen and oxygen atoms in total. The van der Waals surface area contributed by atoms with Crippen molar-refractivity contribution in [1.29, 1.82) is 0 Å². The highest BCUT2D eigenvalue weighted by Gasteiger charge is 2.28. The number of esters is 1. The van der Waals surface area contributed by atoms with Crippen LogP contribution in [0.5, 0.6) is 0 Å². The molecule has 1 amide bonds. The van der Waals surface area contributed by atoms with Crippen LogP contribution in [-0.2, 0) is 19.1 Å². The number of ether oxygens (including phenoxy) is 2. The molecular weight excluding hydrogens is 210 g/mol. The van der Waals surface area contributed by atoms with Crippen molar-refractivity contribution in [2.45, 2.75) is 31.7 Å². The predicted octanol–water partition coefficient (Wildman–Crippen LogP) is 0.577. The lowest BCUT2D eigenvalue weighted by molar-refractivity contribution is -0.145. The number of piperidine rings is 1. The van der Waals surface area contributed by atoms with Crippen molar-refractivity contribution in [3.63, 3.8) is 0 Å². The molecule has 1 unspecified atom stereocenters. The maximum Gasteiger partial charge on any atom is 0.307 e. The fraction of sp³-hybridized carbons (Fsp3) is 0.818. The Balaban J connectivity index is 2.56. The van der Waals surface area contributed by atoms with Crippen LogP contribution in [0.4, 0.5) is 0 Å². The van der Waals surface area contributed by atoms with Gasteiger partial charge in [-0.25, -0.2) is 0 Å². The van der Waals surface area contributed by atoms with Gasteiger partial charge in [0, 0.05) is 19.7 Å². The maximum absolute atomic E-state index is 11.7. The van der Waals surface area contributed by atoms with Crippen molar-refractivity contribution < 1.29 is 19.1 Å². The Hall–Kier alpha value is -1.10. The number of carbonyl (C=O) groups is 2. The Bertz CT molecular complexity index is 254. The summed E-state index contributed by atoms with van der Waals surface area (Å²) >= 11 is 0. The average Bonchev–Trinajstić information content (AvgIpc) is 2.30. The SMILES string of the molecule is COCC(=O)N1CCCCC1CC(=O)OC. The summed E-state index contributed by atoms with van der Waals surface area (Å²) in [7, 11) is 2.86. The van der Waals surface area contributed by atoms with Gasteiger partial charge in [0.25, 0.3) is 0 Å². The van der Waals surface area contributed by atoms with Gasteiger partial charge in [0.05, 0.1) is 13.5 Å². The first kappa shape index (κ1) is 13.0. The van der Waals surface area contributed by atoms with E-state index in [1.165, 1.54) is 14.2 Å². The predicted molar refractivity (Wildman–Crippen MR) is 57.9 cm³/mol. The van der Waals surface area contributed by atoms with Gasteiger partial charge in [0.1, 0.15) is 6.61 Å². The summed E-state index contributed by atoms with van der Waals surface area (Å²) in [6.45, 7) is 0.793. The Labute approximate surface area is 95.7 Å². The molecule has 0 saturated carbocycles. The number of likely N-dealkylation sites (tertiary alicyclic amines) is 1. The molecule has 1 fully saturated rings. The van der Waals surface area contributed by atoms with Crippen LogP contribution in [0.1, 0.15) is 25.7 Å². The van der Waals surface area contributed by atoms with Gasteiger partial charge < -0.3 is 14.4 Å².